The number of fused-ring (bicyclic) bond motifs is 1. The molecule has 14 heavy (non-hydrogen) atoms. The van der Waals surface area contributed by atoms with Crippen molar-refractivity contribution in [2.75, 3.05) is 24.5 Å². The second-order valence-electron chi connectivity index (χ2n) is 3.47. The Hall–Kier alpha value is -1.35. The number of benzene rings is 1. The first-order valence-corrected chi connectivity index (χ1v) is 4.90. The van der Waals surface area contributed by atoms with E-state index < -0.39 is 0 Å². The summed E-state index contributed by atoms with van der Waals surface area (Å²) >= 11 is 0. The van der Waals surface area contributed by atoms with Crippen molar-refractivity contribution in [3.8, 4) is 0 Å². The van der Waals surface area contributed by atoms with Crippen LogP contribution in [0.1, 0.15) is 16.8 Å². The van der Waals surface area contributed by atoms with E-state index in [1.54, 1.807) is 0 Å². The molecule has 1 aromatic rings. The molecule has 0 spiro atoms. The number of anilines is 1. The molecule has 0 amide bonds. The minimum Gasteiger partial charge on any atom is -0.369 e. The Morgan fingerprint density at radius 3 is 2.93 bits per heavy atom. The zero-order valence-corrected chi connectivity index (χ0v) is 8.07. The second-order valence-corrected chi connectivity index (χ2v) is 3.47. The molecule has 1 aromatic carbocycles. The first-order chi connectivity index (χ1) is 6.83. The SMILES string of the molecule is NCCN1CCC(=O)c2ccccc21. The van der Waals surface area contributed by atoms with Crippen molar-refractivity contribution < 1.29 is 4.79 Å². The molecule has 0 aromatic heterocycles. The number of hydrogen-bond acceptors (Lipinski definition) is 3. The molecule has 2 N–H and O–H groups in total. The standard InChI is InChI=1S/C11H14N2O/c12-6-8-13-7-5-11(14)9-3-1-2-4-10(9)13/h1-4H,5-8,12H2. The maximum atomic E-state index is 11.6. The molecule has 0 saturated carbocycles. The van der Waals surface area contributed by atoms with Gasteiger partial charge < -0.3 is 10.6 Å². The highest BCUT2D eigenvalue weighted by atomic mass is 16.1. The summed E-state index contributed by atoms with van der Waals surface area (Å²) in [5.74, 6) is 0.244. The van der Waals surface area contributed by atoms with Crippen LogP contribution >= 0.6 is 0 Å². The molecule has 0 atom stereocenters. The third-order valence-electron chi connectivity index (χ3n) is 2.55. The van der Waals surface area contributed by atoms with E-state index in [9.17, 15) is 4.79 Å². The van der Waals surface area contributed by atoms with Gasteiger partial charge in [-0.15, -0.1) is 0 Å². The molecule has 1 aliphatic heterocycles. The average molecular weight is 190 g/mol. The minimum atomic E-state index is 0.244. The predicted octanol–water partition coefficient (Wildman–Crippen LogP) is 1.04. The van der Waals surface area contributed by atoms with Gasteiger partial charge in [0, 0.05) is 37.3 Å². The molecule has 1 heterocycles. The van der Waals surface area contributed by atoms with Crippen molar-refractivity contribution in [3.63, 3.8) is 0 Å². The summed E-state index contributed by atoms with van der Waals surface area (Å²) in [7, 11) is 0. The zero-order valence-electron chi connectivity index (χ0n) is 8.07. The number of ketones is 1. The van der Waals surface area contributed by atoms with Crippen molar-refractivity contribution in [2.45, 2.75) is 6.42 Å². The van der Waals surface area contributed by atoms with Gasteiger partial charge in [0.1, 0.15) is 0 Å². The van der Waals surface area contributed by atoms with E-state index in [-0.39, 0.29) is 5.78 Å². The largest absolute Gasteiger partial charge is 0.369 e. The normalized spacial score (nSPS) is 15.5. The molecule has 3 nitrogen and oxygen atoms in total. The highest BCUT2D eigenvalue weighted by Gasteiger charge is 2.21. The number of nitrogens with zero attached hydrogens (tertiary/aromatic N) is 1. The molecule has 2 rings (SSSR count). The van der Waals surface area contributed by atoms with Gasteiger partial charge in [-0.3, -0.25) is 4.79 Å². The zero-order chi connectivity index (χ0) is 9.97. The Kier molecular flexibility index (Phi) is 2.50. The average Bonchev–Trinajstić information content (AvgIpc) is 2.23. The van der Waals surface area contributed by atoms with E-state index in [1.807, 2.05) is 24.3 Å². The number of para-hydroxylation sites is 1. The van der Waals surface area contributed by atoms with E-state index in [2.05, 4.69) is 4.90 Å². The monoisotopic (exact) mass is 190 g/mol. The molecule has 74 valence electrons. The van der Waals surface area contributed by atoms with Crippen molar-refractivity contribution in [3.05, 3.63) is 29.8 Å². The molecule has 0 fully saturated rings. The van der Waals surface area contributed by atoms with Crippen LogP contribution in [-0.4, -0.2) is 25.4 Å². The lowest BCUT2D eigenvalue weighted by Crippen LogP contribution is -2.35. The lowest BCUT2D eigenvalue weighted by atomic mass is 10.0. The van der Waals surface area contributed by atoms with Gasteiger partial charge in [0.25, 0.3) is 0 Å². The Morgan fingerprint density at radius 2 is 2.14 bits per heavy atom. The van der Waals surface area contributed by atoms with E-state index in [0.29, 0.717) is 13.0 Å². The topological polar surface area (TPSA) is 46.3 Å². The van der Waals surface area contributed by atoms with E-state index in [4.69, 9.17) is 5.73 Å². The number of hydrogen-bond donors (Lipinski definition) is 1. The summed E-state index contributed by atoms with van der Waals surface area (Å²) in [4.78, 5) is 13.8. The van der Waals surface area contributed by atoms with Crippen molar-refractivity contribution in [2.24, 2.45) is 5.73 Å². The molecule has 0 unspecified atom stereocenters. The molecule has 0 radical (unpaired) electrons. The first kappa shape index (κ1) is 9.21. The minimum absolute atomic E-state index is 0.244. The molecular formula is C11H14N2O. The second kappa shape index (κ2) is 3.80. The fourth-order valence-corrected chi connectivity index (χ4v) is 1.86. The third-order valence-corrected chi connectivity index (χ3v) is 2.55. The molecule has 0 aliphatic carbocycles. The van der Waals surface area contributed by atoms with Crippen LogP contribution in [-0.2, 0) is 0 Å². The number of nitrogens with two attached hydrogens (primary N) is 1. The molecule has 1 aliphatic rings. The van der Waals surface area contributed by atoms with Crippen LogP contribution in [0.4, 0.5) is 5.69 Å². The van der Waals surface area contributed by atoms with Crippen LogP contribution in [0.2, 0.25) is 0 Å². The summed E-state index contributed by atoms with van der Waals surface area (Å²) in [6.07, 6.45) is 0.608. The van der Waals surface area contributed by atoms with Gasteiger partial charge in [0.2, 0.25) is 0 Å². The maximum Gasteiger partial charge on any atom is 0.166 e. The van der Waals surface area contributed by atoms with E-state index in [1.165, 1.54) is 0 Å². The third kappa shape index (κ3) is 1.51. The molecule has 0 saturated heterocycles. The van der Waals surface area contributed by atoms with Crippen molar-refractivity contribution in [1.82, 2.24) is 0 Å². The van der Waals surface area contributed by atoms with Gasteiger partial charge in [-0.2, -0.15) is 0 Å². The fraction of sp³-hybridized carbons (Fsp3) is 0.364. The predicted molar refractivity (Wildman–Crippen MR) is 56.7 cm³/mol. The molecule has 3 heteroatoms. The summed E-state index contributed by atoms with van der Waals surface area (Å²) in [5.41, 5.74) is 7.40. The van der Waals surface area contributed by atoms with Crippen LogP contribution in [0.15, 0.2) is 24.3 Å². The van der Waals surface area contributed by atoms with Crippen LogP contribution in [0.3, 0.4) is 0 Å². The smallest absolute Gasteiger partial charge is 0.166 e. The van der Waals surface area contributed by atoms with Gasteiger partial charge in [0.05, 0.1) is 0 Å². The molecular weight excluding hydrogens is 176 g/mol. The van der Waals surface area contributed by atoms with Gasteiger partial charge in [0.15, 0.2) is 5.78 Å². The van der Waals surface area contributed by atoms with Crippen LogP contribution in [0, 0.1) is 0 Å². The number of Topliss-reactive ketones (excluding diaryl/α,β-unsaturated/α-hetero) is 1. The Bertz CT molecular complexity index is 349. The quantitative estimate of drug-likeness (QED) is 0.758. The van der Waals surface area contributed by atoms with Gasteiger partial charge in [-0.1, -0.05) is 12.1 Å². The first-order valence-electron chi connectivity index (χ1n) is 4.90. The Labute approximate surface area is 83.5 Å². The van der Waals surface area contributed by atoms with Gasteiger partial charge in [-0.25, -0.2) is 0 Å². The van der Waals surface area contributed by atoms with Gasteiger partial charge in [-0.05, 0) is 12.1 Å². The van der Waals surface area contributed by atoms with Crippen molar-refractivity contribution in [1.29, 1.82) is 0 Å². The highest BCUT2D eigenvalue weighted by molar-refractivity contribution is 6.03. The fourth-order valence-electron chi connectivity index (χ4n) is 1.86. The summed E-state index contributed by atoms with van der Waals surface area (Å²) < 4.78 is 0. The summed E-state index contributed by atoms with van der Waals surface area (Å²) in [6, 6.07) is 7.74. The lowest BCUT2D eigenvalue weighted by molar-refractivity contribution is 0.0980. The van der Waals surface area contributed by atoms with E-state index in [0.717, 1.165) is 24.3 Å². The van der Waals surface area contributed by atoms with Gasteiger partial charge >= 0.3 is 0 Å². The number of carbonyl (C=O) groups excluding carboxylic acids is 1. The summed E-state index contributed by atoms with van der Waals surface area (Å²) in [5, 5.41) is 0. The molecule has 0 bridgehead atoms. The van der Waals surface area contributed by atoms with Crippen molar-refractivity contribution >= 4 is 11.5 Å². The highest BCUT2D eigenvalue weighted by Crippen LogP contribution is 2.25. The number of carbonyl (C=O) groups is 1. The Balaban J connectivity index is 2.36. The number of rotatable bonds is 2. The van der Waals surface area contributed by atoms with Crippen LogP contribution < -0.4 is 10.6 Å². The summed E-state index contributed by atoms with van der Waals surface area (Å²) in [6.45, 7) is 2.25. The maximum absolute atomic E-state index is 11.6. The van der Waals surface area contributed by atoms with Crippen LogP contribution in [0.25, 0.3) is 0 Å². The Morgan fingerprint density at radius 1 is 1.36 bits per heavy atom. The van der Waals surface area contributed by atoms with Crippen LogP contribution in [0.5, 0.6) is 0 Å². The van der Waals surface area contributed by atoms with E-state index >= 15 is 0 Å². The lowest BCUT2D eigenvalue weighted by Gasteiger charge is -2.29.